The van der Waals surface area contributed by atoms with Crippen molar-refractivity contribution in [1.82, 2.24) is 19.4 Å². The summed E-state index contributed by atoms with van der Waals surface area (Å²) in [6.45, 7) is 4.39. The van der Waals surface area contributed by atoms with Gasteiger partial charge in [-0.15, -0.1) is 0 Å². The first-order chi connectivity index (χ1) is 13.7. The molecule has 1 atom stereocenters. The molecule has 0 N–H and O–H groups in total. The Labute approximate surface area is 163 Å². The van der Waals surface area contributed by atoms with Crippen LogP contribution in [0.2, 0.25) is 0 Å². The van der Waals surface area contributed by atoms with Gasteiger partial charge in [0.05, 0.1) is 11.3 Å². The van der Waals surface area contributed by atoms with Gasteiger partial charge in [-0.3, -0.25) is 9.78 Å². The number of amides is 1. The first kappa shape index (κ1) is 18.3. The Bertz CT molecular complexity index is 967. The zero-order valence-corrected chi connectivity index (χ0v) is 15.9. The summed E-state index contributed by atoms with van der Waals surface area (Å²) in [6.07, 6.45) is 7.40. The van der Waals surface area contributed by atoms with E-state index >= 15 is 0 Å². The van der Waals surface area contributed by atoms with E-state index in [0.717, 1.165) is 31.8 Å². The molecular formula is C22H23FN4O. The number of carbonyl (C=O) groups excluding carboxylic acids is 1. The predicted octanol–water partition coefficient (Wildman–Crippen LogP) is 4.12. The molecule has 1 fully saturated rings. The molecule has 3 aromatic rings. The Morgan fingerprint density at radius 3 is 2.89 bits per heavy atom. The molecule has 0 aliphatic carbocycles. The molecule has 0 bridgehead atoms. The van der Waals surface area contributed by atoms with Gasteiger partial charge < -0.3 is 9.47 Å². The Balaban J connectivity index is 1.49. The molecular weight excluding hydrogens is 355 g/mol. The van der Waals surface area contributed by atoms with Crippen LogP contribution in [0.3, 0.4) is 0 Å². The molecule has 4 rings (SSSR count). The third-order valence-electron chi connectivity index (χ3n) is 5.29. The van der Waals surface area contributed by atoms with Gasteiger partial charge in [0, 0.05) is 49.7 Å². The van der Waals surface area contributed by atoms with E-state index in [4.69, 9.17) is 0 Å². The van der Waals surface area contributed by atoms with E-state index in [9.17, 15) is 9.18 Å². The Morgan fingerprint density at radius 1 is 1.25 bits per heavy atom. The van der Waals surface area contributed by atoms with Crippen LogP contribution in [0.25, 0.3) is 11.3 Å². The number of piperidine rings is 1. The fourth-order valence-electron chi connectivity index (χ4n) is 3.84. The van der Waals surface area contributed by atoms with E-state index in [-0.39, 0.29) is 17.6 Å². The fraction of sp³-hybridized carbons (Fsp3) is 0.318. The van der Waals surface area contributed by atoms with E-state index in [2.05, 4.69) is 21.5 Å². The molecule has 1 amide bonds. The maximum atomic E-state index is 13.4. The highest BCUT2D eigenvalue weighted by molar-refractivity contribution is 5.94. The zero-order valence-electron chi connectivity index (χ0n) is 15.9. The third-order valence-corrected chi connectivity index (χ3v) is 5.29. The van der Waals surface area contributed by atoms with Crippen LogP contribution in [0.1, 0.15) is 41.9 Å². The van der Waals surface area contributed by atoms with Crippen molar-refractivity contribution < 1.29 is 9.18 Å². The lowest BCUT2D eigenvalue weighted by molar-refractivity contribution is 0.0703. The minimum Gasteiger partial charge on any atom is -0.338 e. The molecule has 1 aliphatic rings. The molecule has 1 unspecified atom stereocenters. The van der Waals surface area contributed by atoms with Gasteiger partial charge in [0.15, 0.2) is 0 Å². The van der Waals surface area contributed by atoms with Crippen molar-refractivity contribution in [2.75, 3.05) is 13.1 Å². The van der Waals surface area contributed by atoms with Gasteiger partial charge in [0.2, 0.25) is 0 Å². The second kappa shape index (κ2) is 7.92. The maximum Gasteiger partial charge on any atom is 0.255 e. The van der Waals surface area contributed by atoms with Crippen molar-refractivity contribution in [3.05, 3.63) is 72.2 Å². The molecule has 3 heterocycles. The van der Waals surface area contributed by atoms with Gasteiger partial charge in [-0.25, -0.2) is 9.37 Å². The minimum absolute atomic E-state index is 0.0161. The summed E-state index contributed by atoms with van der Waals surface area (Å²) in [5, 5.41) is 0. The lowest BCUT2D eigenvalue weighted by Crippen LogP contribution is -2.39. The first-order valence-electron chi connectivity index (χ1n) is 9.68. The van der Waals surface area contributed by atoms with Gasteiger partial charge in [0.25, 0.3) is 5.91 Å². The largest absolute Gasteiger partial charge is 0.338 e. The number of hydrogen-bond acceptors (Lipinski definition) is 3. The summed E-state index contributed by atoms with van der Waals surface area (Å²) in [6, 6.07) is 9.84. The van der Waals surface area contributed by atoms with Crippen LogP contribution in [0.5, 0.6) is 0 Å². The number of likely N-dealkylation sites (tertiary alicyclic amines) is 1. The number of pyridine rings is 1. The number of aryl methyl sites for hydroxylation is 1. The van der Waals surface area contributed by atoms with Crippen LogP contribution >= 0.6 is 0 Å². The van der Waals surface area contributed by atoms with Crippen molar-refractivity contribution in [3.63, 3.8) is 0 Å². The number of imidazole rings is 1. The van der Waals surface area contributed by atoms with E-state index in [1.54, 1.807) is 30.5 Å². The quantitative estimate of drug-likeness (QED) is 0.686. The molecule has 28 heavy (non-hydrogen) atoms. The van der Waals surface area contributed by atoms with Crippen molar-refractivity contribution in [3.8, 4) is 11.3 Å². The predicted molar refractivity (Wildman–Crippen MR) is 105 cm³/mol. The van der Waals surface area contributed by atoms with Crippen LogP contribution < -0.4 is 0 Å². The number of halogens is 1. The van der Waals surface area contributed by atoms with Crippen LogP contribution in [0.15, 0.2) is 55.0 Å². The highest BCUT2D eigenvalue weighted by atomic mass is 19.1. The highest BCUT2D eigenvalue weighted by Crippen LogP contribution is 2.27. The van der Waals surface area contributed by atoms with Crippen LogP contribution in [0.4, 0.5) is 4.39 Å². The summed E-state index contributed by atoms with van der Waals surface area (Å²) < 4.78 is 15.6. The van der Waals surface area contributed by atoms with Crippen molar-refractivity contribution >= 4 is 5.91 Å². The average molecular weight is 378 g/mol. The van der Waals surface area contributed by atoms with Gasteiger partial charge in [-0.2, -0.15) is 0 Å². The van der Waals surface area contributed by atoms with Crippen molar-refractivity contribution in [2.24, 2.45) is 0 Å². The Kier molecular flexibility index (Phi) is 5.19. The Morgan fingerprint density at radius 2 is 2.14 bits per heavy atom. The lowest BCUT2D eigenvalue weighted by atomic mass is 9.96. The molecule has 0 radical (unpaired) electrons. The number of rotatable bonds is 4. The van der Waals surface area contributed by atoms with Crippen LogP contribution in [-0.2, 0) is 6.54 Å². The number of hydrogen-bond donors (Lipinski definition) is 0. The topological polar surface area (TPSA) is 51.0 Å². The third kappa shape index (κ3) is 3.67. The first-order valence-corrected chi connectivity index (χ1v) is 9.68. The molecule has 0 spiro atoms. The van der Waals surface area contributed by atoms with Crippen LogP contribution in [-0.4, -0.2) is 38.4 Å². The molecule has 1 aromatic carbocycles. The SMILES string of the molecule is CCn1ccnc1C1CCCN(C(=O)c2ccc(-c3cccc(F)c3)nc2)C1. The second-order valence-corrected chi connectivity index (χ2v) is 7.10. The number of carbonyl (C=O) groups is 1. The van der Waals surface area contributed by atoms with Crippen molar-refractivity contribution in [2.45, 2.75) is 32.2 Å². The van der Waals surface area contributed by atoms with Gasteiger partial charge >= 0.3 is 0 Å². The summed E-state index contributed by atoms with van der Waals surface area (Å²) in [5.74, 6) is 0.994. The molecule has 2 aromatic heterocycles. The molecule has 6 heteroatoms. The molecule has 0 saturated carbocycles. The average Bonchev–Trinajstić information content (AvgIpc) is 3.22. The minimum atomic E-state index is -0.302. The van der Waals surface area contributed by atoms with E-state index in [1.807, 2.05) is 17.3 Å². The standard InChI is InChI=1S/C22H23FN4O/c1-2-26-12-10-24-21(26)18-6-4-11-27(15-18)22(28)17-8-9-20(25-14-17)16-5-3-7-19(23)13-16/h3,5,7-10,12-14,18H,2,4,6,11,15H2,1H3. The lowest BCUT2D eigenvalue weighted by Gasteiger charge is -2.32. The molecule has 144 valence electrons. The number of aromatic nitrogens is 3. The summed E-state index contributed by atoms with van der Waals surface area (Å²) in [7, 11) is 0. The second-order valence-electron chi connectivity index (χ2n) is 7.10. The maximum absolute atomic E-state index is 13.4. The van der Waals surface area contributed by atoms with Crippen molar-refractivity contribution in [1.29, 1.82) is 0 Å². The van der Waals surface area contributed by atoms with Crippen LogP contribution in [0, 0.1) is 5.82 Å². The van der Waals surface area contributed by atoms with E-state index < -0.39 is 0 Å². The smallest absolute Gasteiger partial charge is 0.255 e. The van der Waals surface area contributed by atoms with Gasteiger partial charge in [0.1, 0.15) is 11.6 Å². The Hall–Kier alpha value is -3.02. The zero-order chi connectivity index (χ0) is 19.5. The monoisotopic (exact) mass is 378 g/mol. The van der Waals surface area contributed by atoms with Gasteiger partial charge in [-0.1, -0.05) is 12.1 Å². The van der Waals surface area contributed by atoms with E-state index in [1.165, 1.54) is 12.1 Å². The highest BCUT2D eigenvalue weighted by Gasteiger charge is 2.28. The number of benzene rings is 1. The fourth-order valence-corrected chi connectivity index (χ4v) is 3.84. The number of nitrogens with zero attached hydrogens (tertiary/aromatic N) is 4. The normalized spacial score (nSPS) is 16.9. The summed E-state index contributed by atoms with van der Waals surface area (Å²) in [4.78, 5) is 23.7. The van der Waals surface area contributed by atoms with Gasteiger partial charge in [-0.05, 0) is 44.0 Å². The van der Waals surface area contributed by atoms with E-state index in [0.29, 0.717) is 23.4 Å². The molecule has 1 saturated heterocycles. The molecule has 1 aliphatic heterocycles. The summed E-state index contributed by atoms with van der Waals surface area (Å²) >= 11 is 0. The summed E-state index contributed by atoms with van der Waals surface area (Å²) in [5.41, 5.74) is 1.90. The molecule has 5 nitrogen and oxygen atoms in total.